The zero-order chi connectivity index (χ0) is 16.7. The number of carbonyl (C=O) groups excluding carboxylic acids is 1. The molecular weight excluding hydrogens is 292 g/mol. The molecule has 122 valence electrons. The number of nitrogens with one attached hydrogen (secondary N) is 1. The Morgan fingerprint density at radius 3 is 2.43 bits per heavy atom. The van der Waals surface area contributed by atoms with Gasteiger partial charge >= 0.3 is 5.97 Å². The highest BCUT2D eigenvalue weighted by Crippen LogP contribution is 2.17. The standard InChI is InChI=1S/C17H22N4O2/c1-4-21(5-2)17-18-12-11-15(20-17)19-14-9-7-13(8-10-14)16(22)23-6-3/h7-12H,4-6H2,1-3H3,(H,18,19,20). The van der Waals surface area contributed by atoms with Crippen molar-refractivity contribution in [1.29, 1.82) is 0 Å². The molecule has 0 saturated heterocycles. The first-order valence-corrected chi connectivity index (χ1v) is 7.80. The molecule has 6 heteroatoms. The predicted molar refractivity (Wildman–Crippen MR) is 91.3 cm³/mol. The summed E-state index contributed by atoms with van der Waals surface area (Å²) >= 11 is 0. The Balaban J connectivity index is 2.10. The molecule has 6 nitrogen and oxygen atoms in total. The number of hydrogen-bond acceptors (Lipinski definition) is 6. The largest absolute Gasteiger partial charge is 0.462 e. The number of aromatic nitrogens is 2. The monoisotopic (exact) mass is 314 g/mol. The summed E-state index contributed by atoms with van der Waals surface area (Å²) in [5, 5.41) is 3.22. The van der Waals surface area contributed by atoms with Crippen molar-refractivity contribution in [2.45, 2.75) is 20.8 Å². The van der Waals surface area contributed by atoms with Gasteiger partial charge in [-0.15, -0.1) is 0 Å². The molecule has 0 aliphatic heterocycles. The molecule has 0 aliphatic rings. The molecule has 0 aliphatic carbocycles. The summed E-state index contributed by atoms with van der Waals surface area (Å²) in [7, 11) is 0. The van der Waals surface area contributed by atoms with Gasteiger partial charge in [-0.05, 0) is 51.1 Å². The van der Waals surface area contributed by atoms with E-state index >= 15 is 0 Å². The van der Waals surface area contributed by atoms with Crippen molar-refractivity contribution in [3.8, 4) is 0 Å². The van der Waals surface area contributed by atoms with Crippen LogP contribution in [0.1, 0.15) is 31.1 Å². The average molecular weight is 314 g/mol. The SMILES string of the molecule is CCOC(=O)c1ccc(Nc2ccnc(N(CC)CC)n2)cc1. The van der Waals surface area contributed by atoms with Crippen LogP contribution in [-0.4, -0.2) is 35.6 Å². The summed E-state index contributed by atoms with van der Waals surface area (Å²) in [6, 6.07) is 8.92. The number of esters is 1. The highest BCUT2D eigenvalue weighted by molar-refractivity contribution is 5.89. The van der Waals surface area contributed by atoms with E-state index in [0.717, 1.165) is 18.8 Å². The van der Waals surface area contributed by atoms with Crippen LogP contribution in [0.25, 0.3) is 0 Å². The lowest BCUT2D eigenvalue weighted by atomic mass is 10.2. The quantitative estimate of drug-likeness (QED) is 0.791. The molecular formula is C17H22N4O2. The molecule has 0 atom stereocenters. The van der Waals surface area contributed by atoms with E-state index in [-0.39, 0.29) is 5.97 Å². The maximum absolute atomic E-state index is 11.6. The van der Waals surface area contributed by atoms with E-state index < -0.39 is 0 Å². The molecule has 0 spiro atoms. The first-order valence-electron chi connectivity index (χ1n) is 7.80. The van der Waals surface area contributed by atoms with Crippen LogP contribution in [0.2, 0.25) is 0 Å². The van der Waals surface area contributed by atoms with Gasteiger partial charge in [0.15, 0.2) is 0 Å². The average Bonchev–Trinajstić information content (AvgIpc) is 2.57. The van der Waals surface area contributed by atoms with Crippen molar-refractivity contribution in [1.82, 2.24) is 9.97 Å². The van der Waals surface area contributed by atoms with E-state index in [4.69, 9.17) is 4.74 Å². The third kappa shape index (κ3) is 4.42. The van der Waals surface area contributed by atoms with Crippen molar-refractivity contribution in [2.75, 3.05) is 29.9 Å². The molecule has 0 bridgehead atoms. The maximum Gasteiger partial charge on any atom is 0.338 e. The van der Waals surface area contributed by atoms with Gasteiger partial charge in [-0.2, -0.15) is 4.98 Å². The second kappa shape index (κ2) is 8.12. The second-order valence-corrected chi connectivity index (χ2v) is 4.84. The fourth-order valence-electron chi connectivity index (χ4n) is 2.13. The summed E-state index contributed by atoms with van der Waals surface area (Å²) in [6.45, 7) is 8.01. The third-order valence-electron chi connectivity index (χ3n) is 3.36. The maximum atomic E-state index is 11.6. The minimum absolute atomic E-state index is 0.315. The van der Waals surface area contributed by atoms with Crippen LogP contribution in [0.5, 0.6) is 0 Å². The summed E-state index contributed by atoms with van der Waals surface area (Å²) in [5.41, 5.74) is 1.38. The van der Waals surface area contributed by atoms with E-state index in [0.29, 0.717) is 23.9 Å². The number of anilines is 3. The molecule has 1 N–H and O–H groups in total. The Hall–Kier alpha value is -2.63. The number of carbonyl (C=O) groups is 1. The Labute approximate surface area is 136 Å². The number of hydrogen-bond donors (Lipinski definition) is 1. The van der Waals surface area contributed by atoms with Crippen molar-refractivity contribution in [3.05, 3.63) is 42.1 Å². The topological polar surface area (TPSA) is 67.3 Å². The molecule has 1 aromatic heterocycles. The predicted octanol–water partition coefficient (Wildman–Crippen LogP) is 3.24. The fraction of sp³-hybridized carbons (Fsp3) is 0.353. The van der Waals surface area contributed by atoms with Gasteiger partial charge in [0.05, 0.1) is 12.2 Å². The van der Waals surface area contributed by atoms with Crippen molar-refractivity contribution < 1.29 is 9.53 Å². The minimum atomic E-state index is -0.315. The first-order chi connectivity index (χ1) is 11.2. The first kappa shape index (κ1) is 16.7. The van der Waals surface area contributed by atoms with Crippen molar-refractivity contribution in [3.63, 3.8) is 0 Å². The number of benzene rings is 1. The summed E-state index contributed by atoms with van der Waals surface area (Å²) in [6.07, 6.45) is 1.73. The van der Waals surface area contributed by atoms with E-state index in [2.05, 4.69) is 34.0 Å². The zero-order valence-electron chi connectivity index (χ0n) is 13.7. The molecule has 0 radical (unpaired) electrons. The van der Waals surface area contributed by atoms with Gasteiger partial charge in [-0.1, -0.05) is 0 Å². The molecule has 2 rings (SSSR count). The van der Waals surface area contributed by atoms with Gasteiger partial charge in [0.25, 0.3) is 0 Å². The van der Waals surface area contributed by atoms with E-state index in [9.17, 15) is 4.79 Å². The van der Waals surface area contributed by atoms with E-state index in [1.54, 1.807) is 25.3 Å². The van der Waals surface area contributed by atoms with Gasteiger partial charge in [-0.25, -0.2) is 9.78 Å². The molecule has 0 amide bonds. The Bertz CT molecular complexity index is 639. The Kier molecular flexibility index (Phi) is 5.91. The highest BCUT2D eigenvalue weighted by atomic mass is 16.5. The number of nitrogens with zero attached hydrogens (tertiary/aromatic N) is 3. The van der Waals surface area contributed by atoms with Crippen LogP contribution < -0.4 is 10.2 Å². The third-order valence-corrected chi connectivity index (χ3v) is 3.36. The number of ether oxygens (including phenoxy) is 1. The van der Waals surface area contributed by atoms with Crippen LogP contribution in [0.4, 0.5) is 17.5 Å². The van der Waals surface area contributed by atoms with E-state index in [1.807, 2.05) is 18.2 Å². The second-order valence-electron chi connectivity index (χ2n) is 4.84. The molecule has 0 saturated carbocycles. The van der Waals surface area contributed by atoms with Gasteiger partial charge in [0.1, 0.15) is 5.82 Å². The summed E-state index contributed by atoms with van der Waals surface area (Å²) < 4.78 is 4.97. The van der Waals surface area contributed by atoms with Crippen LogP contribution in [-0.2, 0) is 4.74 Å². The molecule has 1 heterocycles. The molecule has 2 aromatic rings. The highest BCUT2D eigenvalue weighted by Gasteiger charge is 2.08. The van der Waals surface area contributed by atoms with Gasteiger partial charge in [-0.3, -0.25) is 0 Å². The fourth-order valence-corrected chi connectivity index (χ4v) is 2.13. The normalized spacial score (nSPS) is 10.2. The zero-order valence-corrected chi connectivity index (χ0v) is 13.7. The lowest BCUT2D eigenvalue weighted by Crippen LogP contribution is -2.24. The van der Waals surface area contributed by atoms with E-state index in [1.165, 1.54) is 0 Å². The Morgan fingerprint density at radius 2 is 1.83 bits per heavy atom. The smallest absolute Gasteiger partial charge is 0.338 e. The number of rotatable bonds is 7. The lowest BCUT2D eigenvalue weighted by Gasteiger charge is -2.18. The van der Waals surface area contributed by atoms with Crippen LogP contribution in [0, 0.1) is 0 Å². The van der Waals surface area contributed by atoms with Gasteiger partial charge < -0.3 is 15.0 Å². The van der Waals surface area contributed by atoms with Gasteiger partial charge in [0, 0.05) is 25.0 Å². The summed E-state index contributed by atoms with van der Waals surface area (Å²) in [5.74, 6) is 1.10. The molecule has 0 fully saturated rings. The van der Waals surface area contributed by atoms with Crippen molar-refractivity contribution in [2.24, 2.45) is 0 Å². The minimum Gasteiger partial charge on any atom is -0.462 e. The van der Waals surface area contributed by atoms with Crippen molar-refractivity contribution >= 4 is 23.4 Å². The molecule has 0 unspecified atom stereocenters. The Morgan fingerprint density at radius 1 is 1.13 bits per heavy atom. The van der Waals surface area contributed by atoms with Crippen LogP contribution in [0.15, 0.2) is 36.5 Å². The van der Waals surface area contributed by atoms with Gasteiger partial charge in [0.2, 0.25) is 5.95 Å². The molecule has 1 aromatic carbocycles. The lowest BCUT2D eigenvalue weighted by molar-refractivity contribution is 0.0526. The van der Waals surface area contributed by atoms with Crippen LogP contribution in [0.3, 0.4) is 0 Å². The molecule has 23 heavy (non-hydrogen) atoms. The van der Waals surface area contributed by atoms with Crippen LogP contribution >= 0.6 is 0 Å². The summed E-state index contributed by atoms with van der Waals surface area (Å²) in [4.78, 5) is 22.5.